The highest BCUT2D eigenvalue weighted by molar-refractivity contribution is 9.10. The van der Waals surface area contributed by atoms with E-state index in [-0.39, 0.29) is 5.76 Å². The molecule has 1 aromatic heterocycles. The second-order valence-electron chi connectivity index (χ2n) is 4.64. The number of hydrogen-bond acceptors (Lipinski definition) is 3. The summed E-state index contributed by atoms with van der Waals surface area (Å²) in [6.07, 6.45) is 1.39. The lowest BCUT2D eigenvalue weighted by Crippen LogP contribution is -2.04. The van der Waals surface area contributed by atoms with E-state index in [2.05, 4.69) is 27.3 Å². The van der Waals surface area contributed by atoms with E-state index < -0.39 is 5.97 Å². The average molecular weight is 346 g/mol. The van der Waals surface area contributed by atoms with Crippen LogP contribution in [-0.2, 0) is 6.54 Å². The molecule has 3 rings (SSSR count). The fraction of sp³-hybridized carbons (Fsp3) is 0.0625. The van der Waals surface area contributed by atoms with Crippen LogP contribution in [0.2, 0.25) is 0 Å². The molecular weight excluding hydrogens is 334 g/mol. The van der Waals surface area contributed by atoms with Gasteiger partial charge in [-0.2, -0.15) is 0 Å². The highest BCUT2D eigenvalue weighted by atomic mass is 79.9. The topological polar surface area (TPSA) is 62.5 Å². The van der Waals surface area contributed by atoms with Crippen molar-refractivity contribution >= 4 is 38.4 Å². The molecule has 106 valence electrons. The molecule has 0 aliphatic carbocycles. The standard InChI is InChI=1S/C16H12BrNO3/c17-13-3-1-11-8-14(4-2-10(11)7-13)18-9-12-5-6-21-15(12)16(19)20/h1-8,18H,9H2,(H,19,20). The summed E-state index contributed by atoms with van der Waals surface area (Å²) in [5.41, 5.74) is 1.56. The summed E-state index contributed by atoms with van der Waals surface area (Å²) >= 11 is 3.45. The van der Waals surface area contributed by atoms with Crippen LogP contribution in [0.25, 0.3) is 10.8 Å². The zero-order valence-corrected chi connectivity index (χ0v) is 12.6. The molecule has 2 N–H and O–H groups in total. The quantitative estimate of drug-likeness (QED) is 0.730. The molecule has 0 amide bonds. The first-order chi connectivity index (χ1) is 10.1. The van der Waals surface area contributed by atoms with Crippen molar-refractivity contribution in [1.82, 2.24) is 0 Å². The minimum absolute atomic E-state index is 0.0211. The smallest absolute Gasteiger partial charge is 0.372 e. The first-order valence-corrected chi connectivity index (χ1v) is 7.15. The van der Waals surface area contributed by atoms with Gasteiger partial charge in [0.1, 0.15) is 0 Å². The molecule has 0 spiro atoms. The van der Waals surface area contributed by atoms with Crippen LogP contribution < -0.4 is 5.32 Å². The van der Waals surface area contributed by atoms with Gasteiger partial charge >= 0.3 is 5.97 Å². The molecule has 5 heteroatoms. The van der Waals surface area contributed by atoms with Crippen molar-refractivity contribution in [3.8, 4) is 0 Å². The van der Waals surface area contributed by atoms with Crippen molar-refractivity contribution in [3.63, 3.8) is 0 Å². The van der Waals surface area contributed by atoms with Crippen molar-refractivity contribution in [3.05, 3.63) is 64.5 Å². The largest absolute Gasteiger partial charge is 0.475 e. The number of nitrogens with one attached hydrogen (secondary N) is 1. The average Bonchev–Trinajstić information content (AvgIpc) is 2.93. The Morgan fingerprint density at radius 2 is 1.90 bits per heavy atom. The Bertz CT molecular complexity index is 810. The van der Waals surface area contributed by atoms with Crippen molar-refractivity contribution in [2.45, 2.75) is 6.54 Å². The summed E-state index contributed by atoms with van der Waals surface area (Å²) in [7, 11) is 0. The Labute approximate surface area is 129 Å². The van der Waals surface area contributed by atoms with Crippen LogP contribution in [0, 0.1) is 0 Å². The monoisotopic (exact) mass is 345 g/mol. The van der Waals surface area contributed by atoms with E-state index in [0.29, 0.717) is 12.1 Å². The SMILES string of the molecule is O=C(O)c1occc1CNc1ccc2cc(Br)ccc2c1. The zero-order valence-electron chi connectivity index (χ0n) is 11.0. The van der Waals surface area contributed by atoms with Crippen LogP contribution in [-0.4, -0.2) is 11.1 Å². The van der Waals surface area contributed by atoms with Crippen molar-refractivity contribution in [2.75, 3.05) is 5.32 Å². The van der Waals surface area contributed by atoms with Gasteiger partial charge < -0.3 is 14.8 Å². The number of carboxylic acids is 1. The zero-order chi connectivity index (χ0) is 14.8. The molecular formula is C16H12BrNO3. The normalized spacial score (nSPS) is 10.7. The van der Waals surface area contributed by atoms with Crippen LogP contribution in [0.3, 0.4) is 0 Å². The van der Waals surface area contributed by atoms with Gasteiger partial charge in [-0.05, 0) is 41.1 Å². The van der Waals surface area contributed by atoms with E-state index in [0.717, 1.165) is 20.9 Å². The Morgan fingerprint density at radius 1 is 1.14 bits per heavy atom. The number of carboxylic acid groups (broad SMARTS) is 1. The molecule has 0 aliphatic rings. The molecule has 0 saturated heterocycles. The Kier molecular flexibility index (Phi) is 3.66. The number of fused-ring (bicyclic) bond motifs is 1. The lowest BCUT2D eigenvalue weighted by molar-refractivity contribution is 0.0661. The van der Waals surface area contributed by atoms with E-state index in [9.17, 15) is 4.79 Å². The van der Waals surface area contributed by atoms with E-state index >= 15 is 0 Å². The molecule has 0 atom stereocenters. The molecule has 0 aliphatic heterocycles. The predicted molar refractivity (Wildman–Crippen MR) is 84.6 cm³/mol. The maximum atomic E-state index is 11.0. The Morgan fingerprint density at radius 3 is 2.71 bits per heavy atom. The van der Waals surface area contributed by atoms with Gasteiger partial charge in [-0.1, -0.05) is 28.1 Å². The first-order valence-electron chi connectivity index (χ1n) is 6.36. The van der Waals surface area contributed by atoms with Crippen LogP contribution in [0.15, 0.2) is 57.6 Å². The van der Waals surface area contributed by atoms with Crippen molar-refractivity contribution in [2.24, 2.45) is 0 Å². The fourth-order valence-electron chi connectivity index (χ4n) is 2.19. The highest BCUT2D eigenvalue weighted by Crippen LogP contribution is 2.23. The predicted octanol–water partition coefficient (Wildman–Crippen LogP) is 4.51. The number of aromatic carboxylic acids is 1. The fourth-order valence-corrected chi connectivity index (χ4v) is 2.57. The van der Waals surface area contributed by atoms with Gasteiger partial charge in [0, 0.05) is 22.3 Å². The van der Waals surface area contributed by atoms with E-state index in [1.165, 1.54) is 6.26 Å². The third kappa shape index (κ3) is 2.92. The van der Waals surface area contributed by atoms with E-state index in [4.69, 9.17) is 9.52 Å². The third-order valence-corrected chi connectivity index (χ3v) is 3.72. The third-order valence-electron chi connectivity index (χ3n) is 3.23. The maximum absolute atomic E-state index is 11.0. The van der Waals surface area contributed by atoms with E-state index in [1.807, 2.05) is 30.3 Å². The molecule has 0 unspecified atom stereocenters. The summed E-state index contributed by atoms with van der Waals surface area (Å²) < 4.78 is 6.00. The molecule has 2 aromatic carbocycles. The second-order valence-corrected chi connectivity index (χ2v) is 5.56. The molecule has 21 heavy (non-hydrogen) atoms. The number of furan rings is 1. The number of halogens is 1. The van der Waals surface area contributed by atoms with E-state index in [1.54, 1.807) is 6.07 Å². The van der Waals surface area contributed by atoms with Gasteiger partial charge in [-0.25, -0.2) is 4.79 Å². The minimum Gasteiger partial charge on any atom is -0.475 e. The molecule has 0 saturated carbocycles. The van der Waals surface area contributed by atoms with Gasteiger partial charge in [0.05, 0.1) is 6.26 Å². The summed E-state index contributed by atoms with van der Waals surface area (Å²) in [4.78, 5) is 11.0. The number of carbonyl (C=O) groups is 1. The molecule has 4 nitrogen and oxygen atoms in total. The lowest BCUT2D eigenvalue weighted by atomic mass is 10.1. The minimum atomic E-state index is -1.06. The van der Waals surface area contributed by atoms with Crippen molar-refractivity contribution < 1.29 is 14.3 Å². The van der Waals surface area contributed by atoms with Crippen LogP contribution in [0.1, 0.15) is 16.1 Å². The van der Waals surface area contributed by atoms with Gasteiger partial charge in [-0.15, -0.1) is 0 Å². The molecule has 3 aromatic rings. The van der Waals surface area contributed by atoms with Crippen LogP contribution in [0.4, 0.5) is 5.69 Å². The van der Waals surface area contributed by atoms with Gasteiger partial charge in [0.25, 0.3) is 0 Å². The molecule has 0 radical (unpaired) electrons. The van der Waals surface area contributed by atoms with Crippen molar-refractivity contribution in [1.29, 1.82) is 0 Å². The number of hydrogen-bond donors (Lipinski definition) is 2. The van der Waals surface area contributed by atoms with Gasteiger partial charge in [0.2, 0.25) is 5.76 Å². The summed E-state index contributed by atoms with van der Waals surface area (Å²) in [5, 5.41) is 14.5. The van der Waals surface area contributed by atoms with Gasteiger partial charge in [0.15, 0.2) is 0 Å². The Balaban J connectivity index is 1.80. The number of anilines is 1. The van der Waals surface area contributed by atoms with Crippen LogP contribution in [0.5, 0.6) is 0 Å². The molecule has 0 bridgehead atoms. The number of benzene rings is 2. The lowest BCUT2D eigenvalue weighted by Gasteiger charge is -2.07. The first kappa shape index (κ1) is 13.7. The molecule has 1 heterocycles. The van der Waals surface area contributed by atoms with Gasteiger partial charge in [-0.3, -0.25) is 0 Å². The van der Waals surface area contributed by atoms with Crippen LogP contribution >= 0.6 is 15.9 Å². The number of rotatable bonds is 4. The molecule has 0 fully saturated rings. The maximum Gasteiger partial charge on any atom is 0.372 e. The second kappa shape index (κ2) is 5.61. The summed E-state index contributed by atoms with van der Waals surface area (Å²) in [5.74, 6) is -1.08. The summed E-state index contributed by atoms with van der Waals surface area (Å²) in [6.45, 7) is 0.403. The highest BCUT2D eigenvalue weighted by Gasteiger charge is 2.13. The Hall–Kier alpha value is -2.27. The summed E-state index contributed by atoms with van der Waals surface area (Å²) in [6, 6.07) is 13.8.